The van der Waals surface area contributed by atoms with Crippen molar-refractivity contribution in [3.8, 4) is 0 Å². The van der Waals surface area contributed by atoms with E-state index >= 15 is 0 Å². The van der Waals surface area contributed by atoms with Crippen molar-refractivity contribution in [3.63, 3.8) is 0 Å². The van der Waals surface area contributed by atoms with E-state index in [1.54, 1.807) is 0 Å². The number of carbonyl (C=O) groups excluding carboxylic acids is 1. The molecular weight excluding hydrogens is 308 g/mol. The predicted octanol–water partition coefficient (Wildman–Crippen LogP) is 2.25. The molecule has 0 N–H and O–H groups in total. The number of aromatic nitrogens is 4. The molecule has 0 radical (unpaired) electrons. The standard InChI is InChI=1S/C10H10N10O3/c1-6(21)23-3-2-22-5-20-4-13-7-8(16-18-11)14-10(17-19-12)15-9(7)20/h4H,2-3,5H2,1H3. The summed E-state index contributed by atoms with van der Waals surface area (Å²) in [6, 6.07) is 0. The summed E-state index contributed by atoms with van der Waals surface area (Å²) in [4.78, 5) is 27.7. The Morgan fingerprint density at radius 1 is 1.30 bits per heavy atom. The number of imidazole rings is 1. The molecule has 0 spiro atoms. The van der Waals surface area contributed by atoms with Crippen molar-refractivity contribution < 1.29 is 14.3 Å². The SMILES string of the molecule is CC(=O)OCCOCn1cnc2c(N=[N+]=[N-])nc(N=[N+]=[N-])nc21. The normalized spacial score (nSPS) is 9.96. The fourth-order valence-corrected chi connectivity index (χ4v) is 1.62. The zero-order valence-electron chi connectivity index (χ0n) is 11.9. The van der Waals surface area contributed by atoms with Crippen LogP contribution in [0.1, 0.15) is 6.92 Å². The van der Waals surface area contributed by atoms with Crippen LogP contribution in [0.3, 0.4) is 0 Å². The zero-order valence-corrected chi connectivity index (χ0v) is 11.9. The van der Waals surface area contributed by atoms with Gasteiger partial charge >= 0.3 is 5.97 Å². The number of rotatable bonds is 7. The average Bonchev–Trinajstić information content (AvgIpc) is 2.91. The van der Waals surface area contributed by atoms with E-state index in [-0.39, 0.29) is 42.9 Å². The van der Waals surface area contributed by atoms with E-state index in [9.17, 15) is 4.79 Å². The number of ether oxygens (including phenoxy) is 2. The highest BCUT2D eigenvalue weighted by atomic mass is 16.6. The first-order valence-electron chi connectivity index (χ1n) is 6.20. The van der Waals surface area contributed by atoms with Gasteiger partial charge in [-0.1, -0.05) is 0 Å². The van der Waals surface area contributed by atoms with Crippen molar-refractivity contribution in [2.45, 2.75) is 13.7 Å². The lowest BCUT2D eigenvalue weighted by molar-refractivity contribution is -0.142. The number of azide groups is 2. The number of hydrogen-bond donors (Lipinski definition) is 0. The Morgan fingerprint density at radius 2 is 2.09 bits per heavy atom. The Labute approximate surface area is 128 Å². The molecule has 2 heterocycles. The number of esters is 1. The molecule has 0 fully saturated rings. The summed E-state index contributed by atoms with van der Waals surface area (Å²) < 4.78 is 11.5. The Kier molecular flexibility index (Phi) is 5.25. The average molecular weight is 318 g/mol. The van der Waals surface area contributed by atoms with Crippen LogP contribution in [-0.4, -0.2) is 38.7 Å². The van der Waals surface area contributed by atoms with Gasteiger partial charge in [0, 0.05) is 16.7 Å². The van der Waals surface area contributed by atoms with E-state index in [1.165, 1.54) is 17.8 Å². The van der Waals surface area contributed by atoms with Gasteiger partial charge in [0.1, 0.15) is 18.9 Å². The lowest BCUT2D eigenvalue weighted by Gasteiger charge is -2.06. The van der Waals surface area contributed by atoms with E-state index in [1.807, 2.05) is 0 Å². The van der Waals surface area contributed by atoms with Crippen molar-refractivity contribution in [1.29, 1.82) is 0 Å². The van der Waals surface area contributed by atoms with Crippen LogP contribution in [0.2, 0.25) is 0 Å². The molecule has 0 aliphatic rings. The van der Waals surface area contributed by atoms with Crippen LogP contribution >= 0.6 is 0 Å². The summed E-state index contributed by atoms with van der Waals surface area (Å²) in [6.45, 7) is 1.65. The second kappa shape index (κ2) is 7.56. The van der Waals surface area contributed by atoms with Crippen molar-refractivity contribution in [3.05, 3.63) is 27.2 Å². The second-order valence-electron chi connectivity index (χ2n) is 3.99. The van der Waals surface area contributed by atoms with E-state index in [4.69, 9.17) is 20.5 Å². The number of hydrogen-bond acceptors (Lipinski definition) is 8. The van der Waals surface area contributed by atoms with Crippen LogP contribution in [0.5, 0.6) is 0 Å². The molecule has 0 amide bonds. The highest BCUT2D eigenvalue weighted by Crippen LogP contribution is 2.24. The fourth-order valence-electron chi connectivity index (χ4n) is 1.62. The molecule has 0 atom stereocenters. The topological polar surface area (TPSA) is 177 Å². The molecule has 23 heavy (non-hydrogen) atoms. The molecule has 0 saturated heterocycles. The minimum atomic E-state index is -0.396. The molecule has 2 aromatic rings. The van der Waals surface area contributed by atoms with Gasteiger partial charge in [-0.25, -0.2) is 15.0 Å². The third-order valence-electron chi connectivity index (χ3n) is 2.47. The van der Waals surface area contributed by atoms with E-state index in [0.29, 0.717) is 0 Å². The van der Waals surface area contributed by atoms with Gasteiger partial charge in [-0.05, 0) is 21.3 Å². The number of carbonyl (C=O) groups is 1. The van der Waals surface area contributed by atoms with Crippen molar-refractivity contribution in [2.24, 2.45) is 10.2 Å². The summed E-state index contributed by atoms with van der Waals surface area (Å²) in [6.07, 6.45) is 1.40. The molecule has 118 valence electrons. The molecule has 0 unspecified atom stereocenters. The highest BCUT2D eigenvalue weighted by Gasteiger charge is 2.12. The van der Waals surface area contributed by atoms with Gasteiger partial charge in [-0.2, -0.15) is 0 Å². The zero-order chi connectivity index (χ0) is 16.7. The summed E-state index contributed by atoms with van der Waals surface area (Å²) in [5.74, 6) is -0.657. The summed E-state index contributed by atoms with van der Waals surface area (Å²) >= 11 is 0. The van der Waals surface area contributed by atoms with Gasteiger partial charge in [0.15, 0.2) is 11.5 Å². The first-order valence-corrected chi connectivity index (χ1v) is 6.20. The van der Waals surface area contributed by atoms with Gasteiger partial charge in [0.2, 0.25) is 5.95 Å². The van der Waals surface area contributed by atoms with Gasteiger partial charge in [0.25, 0.3) is 0 Å². The molecule has 2 aromatic heterocycles. The summed E-state index contributed by atoms with van der Waals surface area (Å²) in [7, 11) is 0. The lowest BCUT2D eigenvalue weighted by Crippen LogP contribution is -2.10. The molecule has 0 aliphatic heterocycles. The van der Waals surface area contributed by atoms with Crippen molar-refractivity contribution in [2.75, 3.05) is 13.2 Å². The molecule has 13 heteroatoms. The maximum atomic E-state index is 10.6. The molecule has 0 saturated carbocycles. The van der Waals surface area contributed by atoms with Gasteiger partial charge < -0.3 is 9.47 Å². The Balaban J connectivity index is 2.22. The first kappa shape index (κ1) is 16.0. The van der Waals surface area contributed by atoms with Crippen molar-refractivity contribution >= 4 is 28.9 Å². The monoisotopic (exact) mass is 318 g/mol. The van der Waals surface area contributed by atoms with Crippen LogP contribution in [0.15, 0.2) is 16.6 Å². The van der Waals surface area contributed by atoms with Crippen molar-refractivity contribution in [1.82, 2.24) is 19.5 Å². The van der Waals surface area contributed by atoms with E-state index in [0.717, 1.165) is 0 Å². The molecule has 2 rings (SSSR count). The molecular formula is C10H10N10O3. The molecule has 0 aliphatic carbocycles. The molecule has 0 aromatic carbocycles. The highest BCUT2D eigenvalue weighted by molar-refractivity contribution is 5.82. The smallest absolute Gasteiger partial charge is 0.302 e. The number of nitrogens with zero attached hydrogens (tertiary/aromatic N) is 10. The third kappa shape index (κ3) is 4.04. The van der Waals surface area contributed by atoms with Crippen LogP contribution in [-0.2, 0) is 21.0 Å². The predicted molar refractivity (Wildman–Crippen MR) is 75.5 cm³/mol. The lowest BCUT2D eigenvalue weighted by atomic mass is 10.5. The summed E-state index contributed by atoms with van der Waals surface area (Å²) in [5.41, 5.74) is 17.5. The Bertz CT molecular complexity index is 818. The fraction of sp³-hybridized carbons (Fsp3) is 0.400. The largest absolute Gasteiger partial charge is 0.463 e. The van der Waals surface area contributed by atoms with E-state index in [2.05, 4.69) is 35.0 Å². The van der Waals surface area contributed by atoms with Gasteiger partial charge in [-0.3, -0.25) is 9.36 Å². The minimum absolute atomic E-state index is 0.0557. The maximum absolute atomic E-state index is 10.6. The van der Waals surface area contributed by atoms with Gasteiger partial charge in [-0.15, -0.1) is 0 Å². The summed E-state index contributed by atoms with van der Waals surface area (Å²) in [5, 5.41) is 6.68. The molecule has 13 nitrogen and oxygen atoms in total. The second-order valence-corrected chi connectivity index (χ2v) is 3.99. The quantitative estimate of drug-likeness (QED) is 0.248. The van der Waals surface area contributed by atoms with Crippen LogP contribution < -0.4 is 0 Å². The molecule has 0 bridgehead atoms. The number of fused-ring (bicyclic) bond motifs is 1. The minimum Gasteiger partial charge on any atom is -0.463 e. The van der Waals surface area contributed by atoms with Gasteiger partial charge in [0.05, 0.1) is 12.9 Å². The first-order chi connectivity index (χ1) is 11.2. The van der Waals surface area contributed by atoms with Crippen LogP contribution in [0.4, 0.5) is 11.8 Å². The third-order valence-corrected chi connectivity index (χ3v) is 2.47. The Morgan fingerprint density at radius 3 is 2.78 bits per heavy atom. The van der Waals surface area contributed by atoms with Crippen LogP contribution in [0, 0.1) is 0 Å². The van der Waals surface area contributed by atoms with Crippen LogP contribution in [0.25, 0.3) is 32.0 Å². The van der Waals surface area contributed by atoms with E-state index < -0.39 is 5.97 Å². The maximum Gasteiger partial charge on any atom is 0.302 e. The Hall–Kier alpha value is -3.40.